The topological polar surface area (TPSA) is 59.3 Å². The van der Waals surface area contributed by atoms with Crippen molar-refractivity contribution in [2.75, 3.05) is 6.54 Å². The highest BCUT2D eigenvalue weighted by molar-refractivity contribution is 9.10. The van der Waals surface area contributed by atoms with Gasteiger partial charge in [0.25, 0.3) is 0 Å². The van der Waals surface area contributed by atoms with Crippen LogP contribution in [-0.2, 0) is 16.6 Å². The normalized spacial score (nSPS) is 15.4. The highest BCUT2D eigenvalue weighted by Crippen LogP contribution is 2.48. The molecule has 24 heavy (non-hydrogen) atoms. The van der Waals surface area contributed by atoms with Crippen molar-refractivity contribution in [1.82, 2.24) is 19.9 Å². The number of nitrogens with zero attached hydrogens (tertiary/aromatic N) is 3. The molecule has 1 fully saturated rings. The Morgan fingerprint density at radius 3 is 2.88 bits per heavy atom. The Hall–Kier alpha value is -2.21. The van der Waals surface area contributed by atoms with Crippen molar-refractivity contribution < 1.29 is 4.79 Å². The molecule has 0 unspecified atom stereocenters. The molecule has 2 aromatic heterocycles. The summed E-state index contributed by atoms with van der Waals surface area (Å²) in [6, 6.07) is 13.8. The maximum Gasteiger partial charge on any atom is 0.230 e. The summed E-state index contributed by atoms with van der Waals surface area (Å²) in [5, 5.41) is 11.4. The number of hydrogen-bond acceptors (Lipinski definition) is 3. The van der Waals surface area contributed by atoms with Crippen LogP contribution >= 0.6 is 15.9 Å². The van der Waals surface area contributed by atoms with E-state index in [1.54, 1.807) is 0 Å². The summed E-state index contributed by atoms with van der Waals surface area (Å²) < 4.78 is 2.96. The fourth-order valence-electron chi connectivity index (χ4n) is 3.08. The first-order chi connectivity index (χ1) is 11.7. The SMILES string of the molecule is O=C(NCCc1nnc2ccccn12)C1(c2cccc(Br)c2)CC1. The van der Waals surface area contributed by atoms with E-state index in [1.807, 2.05) is 53.1 Å². The second-order valence-electron chi connectivity index (χ2n) is 6.14. The molecule has 1 amide bonds. The van der Waals surface area contributed by atoms with Crippen LogP contribution in [0, 0.1) is 0 Å². The van der Waals surface area contributed by atoms with Gasteiger partial charge < -0.3 is 5.32 Å². The summed E-state index contributed by atoms with van der Waals surface area (Å²) in [5.74, 6) is 0.965. The summed E-state index contributed by atoms with van der Waals surface area (Å²) in [7, 11) is 0. The Morgan fingerprint density at radius 2 is 2.08 bits per heavy atom. The second kappa shape index (κ2) is 6.02. The first-order valence-corrected chi connectivity index (χ1v) is 8.81. The van der Waals surface area contributed by atoms with Crippen LogP contribution in [0.1, 0.15) is 24.2 Å². The summed E-state index contributed by atoms with van der Waals surface area (Å²) >= 11 is 3.48. The number of pyridine rings is 1. The van der Waals surface area contributed by atoms with Crippen molar-refractivity contribution in [3.8, 4) is 0 Å². The van der Waals surface area contributed by atoms with Gasteiger partial charge >= 0.3 is 0 Å². The zero-order valence-corrected chi connectivity index (χ0v) is 14.7. The van der Waals surface area contributed by atoms with Crippen molar-refractivity contribution in [2.45, 2.75) is 24.7 Å². The summed E-state index contributed by atoms with van der Waals surface area (Å²) in [6.45, 7) is 0.560. The Balaban J connectivity index is 1.42. The zero-order chi connectivity index (χ0) is 16.6. The standard InChI is InChI=1S/C18H17BrN4O/c19-14-5-3-4-13(12-14)18(8-9-18)17(24)20-10-7-16-22-21-15-6-1-2-11-23(15)16/h1-6,11-12H,7-10H2,(H,20,24). The van der Waals surface area contributed by atoms with Gasteiger partial charge in [-0.25, -0.2) is 0 Å². The van der Waals surface area contributed by atoms with E-state index >= 15 is 0 Å². The van der Waals surface area contributed by atoms with Crippen molar-refractivity contribution in [3.05, 3.63) is 64.5 Å². The minimum atomic E-state index is -0.351. The molecule has 1 aromatic carbocycles. The summed E-state index contributed by atoms with van der Waals surface area (Å²) in [4.78, 5) is 12.7. The van der Waals surface area contributed by atoms with E-state index in [2.05, 4.69) is 31.4 Å². The van der Waals surface area contributed by atoms with Crippen LogP contribution in [0.3, 0.4) is 0 Å². The quantitative estimate of drug-likeness (QED) is 0.735. The number of rotatable bonds is 5. The number of halogens is 1. The van der Waals surface area contributed by atoms with E-state index in [9.17, 15) is 4.79 Å². The molecule has 6 heteroatoms. The average molecular weight is 385 g/mol. The number of aromatic nitrogens is 3. The molecule has 0 aliphatic heterocycles. The predicted octanol–water partition coefficient (Wildman–Crippen LogP) is 2.88. The van der Waals surface area contributed by atoms with Crippen LogP contribution in [0.25, 0.3) is 5.65 Å². The molecule has 0 saturated heterocycles. The lowest BCUT2D eigenvalue weighted by atomic mass is 9.95. The maximum absolute atomic E-state index is 12.7. The Kier molecular flexibility index (Phi) is 3.84. The average Bonchev–Trinajstić information content (AvgIpc) is 3.32. The van der Waals surface area contributed by atoms with Gasteiger partial charge in [0.05, 0.1) is 5.41 Å². The van der Waals surface area contributed by atoms with Crippen molar-refractivity contribution >= 4 is 27.5 Å². The molecule has 3 aromatic rings. The van der Waals surface area contributed by atoms with Gasteiger partial charge in [-0.15, -0.1) is 10.2 Å². The first kappa shape index (κ1) is 15.3. The van der Waals surface area contributed by atoms with Crippen molar-refractivity contribution in [2.24, 2.45) is 0 Å². The van der Waals surface area contributed by atoms with Crippen LogP contribution in [-0.4, -0.2) is 27.0 Å². The van der Waals surface area contributed by atoms with Crippen LogP contribution in [0.4, 0.5) is 0 Å². The van der Waals surface area contributed by atoms with Gasteiger partial charge in [0.2, 0.25) is 5.91 Å². The second-order valence-corrected chi connectivity index (χ2v) is 7.06. The van der Waals surface area contributed by atoms with Gasteiger partial charge in [0.15, 0.2) is 5.65 Å². The largest absolute Gasteiger partial charge is 0.355 e. The molecular weight excluding hydrogens is 368 g/mol. The molecule has 1 aliphatic rings. The van der Waals surface area contributed by atoms with E-state index < -0.39 is 0 Å². The number of nitrogens with one attached hydrogen (secondary N) is 1. The van der Waals surface area contributed by atoms with Gasteiger partial charge in [-0.3, -0.25) is 9.20 Å². The molecular formula is C18H17BrN4O. The summed E-state index contributed by atoms with van der Waals surface area (Å²) in [6.07, 6.45) is 4.41. The monoisotopic (exact) mass is 384 g/mol. The van der Waals surface area contributed by atoms with Crippen LogP contribution in [0.2, 0.25) is 0 Å². The number of amides is 1. The van der Waals surface area contributed by atoms with Crippen LogP contribution < -0.4 is 5.32 Å². The number of fused-ring (bicyclic) bond motifs is 1. The number of hydrogen-bond donors (Lipinski definition) is 1. The lowest BCUT2D eigenvalue weighted by Crippen LogP contribution is -2.36. The van der Waals surface area contributed by atoms with Gasteiger partial charge in [0, 0.05) is 23.6 Å². The molecule has 4 rings (SSSR count). The third kappa shape index (κ3) is 2.71. The lowest BCUT2D eigenvalue weighted by Gasteiger charge is -2.16. The van der Waals surface area contributed by atoms with E-state index in [0.717, 1.165) is 34.3 Å². The number of benzene rings is 1. The molecule has 2 heterocycles. The van der Waals surface area contributed by atoms with Gasteiger partial charge in [-0.05, 0) is 42.7 Å². The van der Waals surface area contributed by atoms with Crippen LogP contribution in [0.15, 0.2) is 53.1 Å². The minimum Gasteiger partial charge on any atom is -0.355 e. The van der Waals surface area contributed by atoms with E-state index in [0.29, 0.717) is 13.0 Å². The predicted molar refractivity (Wildman–Crippen MR) is 94.8 cm³/mol. The minimum absolute atomic E-state index is 0.106. The highest BCUT2D eigenvalue weighted by atomic mass is 79.9. The number of carbonyl (C=O) groups is 1. The van der Waals surface area contributed by atoms with Gasteiger partial charge in [-0.2, -0.15) is 0 Å². The third-order valence-electron chi connectivity index (χ3n) is 4.58. The van der Waals surface area contributed by atoms with Gasteiger partial charge in [-0.1, -0.05) is 34.1 Å². The molecule has 1 N–H and O–H groups in total. The van der Waals surface area contributed by atoms with Crippen LogP contribution in [0.5, 0.6) is 0 Å². The number of carbonyl (C=O) groups excluding carboxylic acids is 1. The molecule has 0 atom stereocenters. The molecule has 122 valence electrons. The molecule has 1 aliphatic carbocycles. The summed E-state index contributed by atoms with van der Waals surface area (Å²) in [5.41, 5.74) is 1.56. The van der Waals surface area contributed by atoms with E-state index in [-0.39, 0.29) is 11.3 Å². The zero-order valence-electron chi connectivity index (χ0n) is 13.1. The molecule has 0 bridgehead atoms. The lowest BCUT2D eigenvalue weighted by molar-refractivity contribution is -0.123. The maximum atomic E-state index is 12.7. The Bertz CT molecular complexity index is 901. The van der Waals surface area contributed by atoms with Crippen molar-refractivity contribution in [1.29, 1.82) is 0 Å². The van der Waals surface area contributed by atoms with E-state index in [1.165, 1.54) is 0 Å². The fourth-order valence-corrected chi connectivity index (χ4v) is 3.48. The molecule has 5 nitrogen and oxygen atoms in total. The Morgan fingerprint density at radius 1 is 1.21 bits per heavy atom. The van der Waals surface area contributed by atoms with Crippen molar-refractivity contribution in [3.63, 3.8) is 0 Å². The Labute approximate surface area is 148 Å². The van der Waals surface area contributed by atoms with Gasteiger partial charge in [0.1, 0.15) is 5.82 Å². The first-order valence-electron chi connectivity index (χ1n) is 8.02. The fraction of sp³-hybridized carbons (Fsp3) is 0.278. The van der Waals surface area contributed by atoms with E-state index in [4.69, 9.17) is 0 Å². The molecule has 1 saturated carbocycles. The molecule has 0 spiro atoms. The highest BCUT2D eigenvalue weighted by Gasteiger charge is 2.51. The third-order valence-corrected chi connectivity index (χ3v) is 5.07. The smallest absolute Gasteiger partial charge is 0.230 e. The molecule has 0 radical (unpaired) electrons.